The maximum atomic E-state index is 6.43. The van der Waals surface area contributed by atoms with Crippen molar-refractivity contribution in [3.63, 3.8) is 0 Å². The lowest BCUT2D eigenvalue weighted by Gasteiger charge is -2.34. The van der Waals surface area contributed by atoms with Gasteiger partial charge in [0.05, 0.1) is 5.41 Å². The van der Waals surface area contributed by atoms with Crippen LogP contribution in [0.15, 0.2) is 276 Å². The van der Waals surface area contributed by atoms with Crippen molar-refractivity contribution in [2.75, 3.05) is 0 Å². The molecule has 348 valence electrons. The van der Waals surface area contributed by atoms with Gasteiger partial charge in [-0.05, 0) is 153 Å². The van der Waals surface area contributed by atoms with E-state index in [1.54, 1.807) is 0 Å². The molecule has 1 aliphatic carbocycles. The average Bonchev–Trinajstić information content (AvgIpc) is 4.26. The summed E-state index contributed by atoms with van der Waals surface area (Å²) in [5.41, 5.74) is 20.2. The van der Waals surface area contributed by atoms with Crippen LogP contribution in [0.2, 0.25) is 0 Å². The van der Waals surface area contributed by atoms with Gasteiger partial charge in [0.2, 0.25) is 0 Å². The van der Waals surface area contributed by atoms with Crippen LogP contribution in [-0.4, -0.2) is 0 Å². The lowest BCUT2D eigenvalue weighted by molar-refractivity contribution is 0.633. The fourth-order valence-corrected chi connectivity index (χ4v) is 12.9. The number of rotatable bonds is 6. The highest BCUT2D eigenvalue weighted by Crippen LogP contribution is 2.58. The largest absolute Gasteiger partial charge is 0.452 e. The quantitative estimate of drug-likeness (QED) is 0.155. The molecular weight excluding hydrogens is 909 g/mol. The maximum absolute atomic E-state index is 6.43. The smallest absolute Gasteiger partial charge is 0.178 e. The van der Waals surface area contributed by atoms with Gasteiger partial charge < -0.3 is 8.83 Å². The van der Waals surface area contributed by atoms with Gasteiger partial charge in [0, 0.05) is 21.5 Å². The Morgan fingerprint density at radius 3 is 1.25 bits per heavy atom. The van der Waals surface area contributed by atoms with Gasteiger partial charge in [-0.3, -0.25) is 0 Å². The molecule has 13 aromatic carbocycles. The Morgan fingerprint density at radius 2 is 0.627 bits per heavy atom. The molecule has 15 aromatic rings. The minimum absolute atomic E-state index is 0.449. The molecule has 0 N–H and O–H groups in total. The average molecular weight is 953 g/mol. The van der Waals surface area contributed by atoms with E-state index < -0.39 is 5.41 Å². The second-order valence-corrected chi connectivity index (χ2v) is 20.2. The van der Waals surface area contributed by atoms with Crippen LogP contribution >= 0.6 is 0 Å². The minimum atomic E-state index is -0.449. The molecule has 0 fully saturated rings. The highest BCUT2D eigenvalue weighted by atomic mass is 16.4. The van der Waals surface area contributed by atoms with Gasteiger partial charge in [0.15, 0.2) is 11.2 Å². The van der Waals surface area contributed by atoms with E-state index in [0.717, 1.165) is 55.0 Å². The molecule has 16 rings (SSSR count). The summed E-state index contributed by atoms with van der Waals surface area (Å²) in [6.07, 6.45) is 0. The molecule has 0 saturated carbocycles. The van der Waals surface area contributed by atoms with Crippen LogP contribution in [0.5, 0.6) is 0 Å². The molecule has 0 unspecified atom stereocenters. The summed E-state index contributed by atoms with van der Waals surface area (Å²) in [5, 5.41) is 11.9. The summed E-state index contributed by atoms with van der Waals surface area (Å²) in [4.78, 5) is 0. The van der Waals surface area contributed by atoms with Crippen LogP contribution in [0.25, 0.3) is 132 Å². The summed E-state index contributed by atoms with van der Waals surface area (Å²) in [5.74, 6) is 0. The van der Waals surface area contributed by atoms with Crippen LogP contribution in [-0.2, 0) is 5.41 Å². The molecule has 0 saturated heterocycles. The molecule has 0 radical (unpaired) electrons. The Kier molecular flexibility index (Phi) is 8.99. The van der Waals surface area contributed by atoms with E-state index in [9.17, 15) is 0 Å². The zero-order valence-electron chi connectivity index (χ0n) is 40.7. The molecule has 2 heterocycles. The number of fused-ring (bicyclic) bond motifs is 16. The van der Waals surface area contributed by atoms with Crippen LogP contribution in [0, 0.1) is 0 Å². The third-order valence-corrected chi connectivity index (χ3v) is 16.4. The fourth-order valence-electron chi connectivity index (χ4n) is 12.9. The zero-order valence-corrected chi connectivity index (χ0v) is 40.7. The second kappa shape index (κ2) is 16.1. The molecule has 2 nitrogen and oxygen atoms in total. The SMILES string of the molecule is c1ccc(C2(c3ccccc3)c3ccccc3-c3c(-c4ccc5c6ccc(-c7ccc(-c8ccc(-c9ccc%10oc%11c(ccc%12c%13ccccc%13oc%12%11)c%10c9)cc8)cc7)cc6c6ccccc6c5c4)cccc32)cc1. The summed E-state index contributed by atoms with van der Waals surface area (Å²) in [6.45, 7) is 0. The fraction of sp³-hybridized carbons (Fsp3) is 0.0137. The summed E-state index contributed by atoms with van der Waals surface area (Å²) in [7, 11) is 0. The molecule has 0 spiro atoms. The van der Waals surface area contributed by atoms with Gasteiger partial charge in [-0.2, -0.15) is 0 Å². The molecule has 0 bridgehead atoms. The lowest BCUT2D eigenvalue weighted by atomic mass is 9.67. The van der Waals surface area contributed by atoms with E-state index >= 15 is 0 Å². The number of para-hydroxylation sites is 1. The minimum Gasteiger partial charge on any atom is -0.452 e. The van der Waals surface area contributed by atoms with Gasteiger partial charge in [0.1, 0.15) is 11.2 Å². The maximum Gasteiger partial charge on any atom is 0.178 e. The second-order valence-electron chi connectivity index (χ2n) is 20.2. The van der Waals surface area contributed by atoms with E-state index in [1.165, 1.54) is 99.1 Å². The van der Waals surface area contributed by atoms with Crippen LogP contribution in [0.3, 0.4) is 0 Å². The van der Waals surface area contributed by atoms with Crippen LogP contribution in [0.1, 0.15) is 22.3 Å². The summed E-state index contributed by atoms with van der Waals surface area (Å²) in [6, 6.07) is 98.1. The number of furan rings is 2. The molecule has 0 amide bonds. The van der Waals surface area contributed by atoms with E-state index in [0.29, 0.717) is 0 Å². The molecule has 75 heavy (non-hydrogen) atoms. The molecule has 0 atom stereocenters. The lowest BCUT2D eigenvalue weighted by Crippen LogP contribution is -2.28. The van der Waals surface area contributed by atoms with E-state index in [2.05, 4.69) is 249 Å². The van der Waals surface area contributed by atoms with Crippen molar-refractivity contribution in [2.45, 2.75) is 5.41 Å². The third-order valence-electron chi connectivity index (χ3n) is 16.4. The van der Waals surface area contributed by atoms with Crippen molar-refractivity contribution in [3.05, 3.63) is 289 Å². The van der Waals surface area contributed by atoms with E-state index in [4.69, 9.17) is 8.83 Å². The van der Waals surface area contributed by atoms with E-state index in [1.807, 2.05) is 18.2 Å². The van der Waals surface area contributed by atoms with Crippen molar-refractivity contribution in [1.82, 2.24) is 0 Å². The van der Waals surface area contributed by atoms with Gasteiger partial charge in [-0.15, -0.1) is 0 Å². The Morgan fingerprint density at radius 1 is 0.227 bits per heavy atom. The Hall–Kier alpha value is -9.76. The van der Waals surface area contributed by atoms with Crippen molar-refractivity contribution >= 4 is 76.2 Å². The number of hydrogen-bond acceptors (Lipinski definition) is 2. The van der Waals surface area contributed by atoms with Gasteiger partial charge in [0.25, 0.3) is 0 Å². The summed E-state index contributed by atoms with van der Waals surface area (Å²) < 4.78 is 12.7. The zero-order chi connectivity index (χ0) is 49.2. The number of hydrogen-bond donors (Lipinski definition) is 0. The van der Waals surface area contributed by atoms with Gasteiger partial charge >= 0.3 is 0 Å². The third kappa shape index (κ3) is 6.14. The number of benzene rings is 13. The molecule has 2 heteroatoms. The Balaban J connectivity index is 0.736. The highest BCUT2D eigenvalue weighted by molar-refractivity contribution is 6.26. The highest BCUT2D eigenvalue weighted by Gasteiger charge is 2.46. The monoisotopic (exact) mass is 952 g/mol. The first-order chi connectivity index (χ1) is 37.2. The van der Waals surface area contributed by atoms with Crippen molar-refractivity contribution in [2.24, 2.45) is 0 Å². The normalized spacial score (nSPS) is 12.9. The first-order valence-corrected chi connectivity index (χ1v) is 25.9. The Bertz CT molecular complexity index is 4730. The molecule has 0 aliphatic heterocycles. The molecular formula is C73H44O2. The van der Waals surface area contributed by atoms with Crippen LogP contribution in [0.4, 0.5) is 0 Å². The summed E-state index contributed by atoms with van der Waals surface area (Å²) >= 11 is 0. The van der Waals surface area contributed by atoms with E-state index in [-0.39, 0.29) is 0 Å². The predicted octanol–water partition coefficient (Wildman–Crippen LogP) is 20.0. The first kappa shape index (κ1) is 41.8. The van der Waals surface area contributed by atoms with Gasteiger partial charge in [-0.1, -0.05) is 224 Å². The van der Waals surface area contributed by atoms with Crippen LogP contribution < -0.4 is 0 Å². The predicted molar refractivity (Wildman–Crippen MR) is 313 cm³/mol. The van der Waals surface area contributed by atoms with Gasteiger partial charge in [-0.25, -0.2) is 0 Å². The van der Waals surface area contributed by atoms with Crippen molar-refractivity contribution < 1.29 is 8.83 Å². The van der Waals surface area contributed by atoms with Crippen molar-refractivity contribution in [3.8, 4) is 55.6 Å². The molecule has 2 aromatic heterocycles. The Labute approximate surface area is 433 Å². The molecule has 1 aliphatic rings. The first-order valence-electron chi connectivity index (χ1n) is 25.9. The van der Waals surface area contributed by atoms with Crippen molar-refractivity contribution in [1.29, 1.82) is 0 Å². The topological polar surface area (TPSA) is 26.3 Å². The standard InChI is InChI=1S/C73H44O2/c1-3-14-52(15-4-1)73(53-16-5-2-6-17-53)66-23-11-9-21-62(66)70-54(22-13-24-67(70)73)51-35-38-58-57-37-34-49(42-63(57)55-18-7-8-19-56(55)64(58)44-51)47-30-26-45(27-31-47)46-28-32-48(33-29-46)50-36-41-69-65(43-50)61-40-39-60-59-20-10-12-25-68(59)74-71(60)72(61)75-69/h1-44H.